The van der Waals surface area contributed by atoms with Crippen molar-refractivity contribution >= 4 is 17.7 Å². The number of nitrogens with one attached hydrogen (secondary N) is 3. The number of unbranched alkanes of at least 4 members (excludes halogenated alkanes) is 3. The number of pyridine rings is 1. The van der Waals surface area contributed by atoms with Crippen LogP contribution in [0.3, 0.4) is 0 Å². The van der Waals surface area contributed by atoms with Gasteiger partial charge in [-0.1, -0.05) is 62.9 Å². The molecular weight excluding hydrogens is 498 g/mol. The van der Waals surface area contributed by atoms with Gasteiger partial charge in [-0.3, -0.25) is 19.4 Å². The Morgan fingerprint density at radius 1 is 0.949 bits per heavy atom. The third kappa shape index (κ3) is 10.8. The maximum atomic E-state index is 13.5. The lowest BCUT2D eigenvalue weighted by atomic mass is 9.92. The van der Waals surface area contributed by atoms with E-state index < -0.39 is 48.1 Å². The van der Waals surface area contributed by atoms with Crippen LogP contribution in [0.1, 0.15) is 68.3 Å². The number of hydrogen-bond donors (Lipinski definition) is 5. The first kappa shape index (κ1) is 31.4. The van der Waals surface area contributed by atoms with Gasteiger partial charge in [-0.2, -0.15) is 5.26 Å². The topological polar surface area (TPSA) is 164 Å². The minimum atomic E-state index is -1.53. The van der Waals surface area contributed by atoms with Gasteiger partial charge < -0.3 is 26.2 Å². The second kappa shape index (κ2) is 16.9. The number of carbonyl (C=O) groups is 3. The summed E-state index contributed by atoms with van der Waals surface area (Å²) in [7, 11) is 0. The van der Waals surface area contributed by atoms with Gasteiger partial charge in [-0.25, -0.2) is 0 Å². The van der Waals surface area contributed by atoms with Crippen molar-refractivity contribution in [2.75, 3.05) is 0 Å². The van der Waals surface area contributed by atoms with E-state index in [4.69, 9.17) is 5.26 Å². The Morgan fingerprint density at radius 3 is 2.28 bits per heavy atom. The quantitative estimate of drug-likeness (QED) is 0.204. The molecule has 3 amide bonds. The molecule has 1 aromatic carbocycles. The molecule has 0 radical (unpaired) electrons. The predicted molar refractivity (Wildman–Crippen MR) is 146 cm³/mol. The molecule has 1 heterocycles. The molecule has 0 saturated heterocycles. The van der Waals surface area contributed by atoms with Gasteiger partial charge in [0.1, 0.15) is 18.2 Å². The molecule has 0 spiro atoms. The number of aliphatic hydroxyl groups excluding tert-OH is 2. The van der Waals surface area contributed by atoms with Crippen molar-refractivity contribution in [3.05, 3.63) is 66.0 Å². The molecule has 0 aliphatic heterocycles. The molecule has 0 saturated carbocycles. The Labute approximate surface area is 229 Å². The van der Waals surface area contributed by atoms with E-state index in [1.54, 1.807) is 18.3 Å². The smallest absolute Gasteiger partial charge is 0.253 e. The van der Waals surface area contributed by atoms with E-state index in [1.807, 2.05) is 36.4 Å². The number of nitriles is 1. The highest BCUT2D eigenvalue weighted by Gasteiger charge is 2.35. The number of carbonyl (C=O) groups excluding carboxylic acids is 3. The third-order valence-corrected chi connectivity index (χ3v) is 6.39. The number of rotatable bonds is 16. The van der Waals surface area contributed by atoms with Crippen LogP contribution in [-0.4, -0.2) is 63.3 Å². The second-order valence-corrected chi connectivity index (χ2v) is 9.57. The number of aromatic nitrogens is 1. The van der Waals surface area contributed by atoms with E-state index in [0.29, 0.717) is 18.4 Å². The third-order valence-electron chi connectivity index (χ3n) is 6.39. The number of aliphatic hydroxyl groups is 2. The molecule has 0 bridgehead atoms. The highest BCUT2D eigenvalue weighted by Crippen LogP contribution is 2.15. The van der Waals surface area contributed by atoms with Gasteiger partial charge >= 0.3 is 0 Å². The fourth-order valence-corrected chi connectivity index (χ4v) is 4.28. The molecule has 10 nitrogen and oxygen atoms in total. The summed E-state index contributed by atoms with van der Waals surface area (Å²) >= 11 is 0. The average molecular weight is 538 g/mol. The van der Waals surface area contributed by atoms with Crippen LogP contribution in [0.2, 0.25) is 0 Å². The predicted octanol–water partition coefficient (Wildman–Crippen LogP) is 2.02. The normalized spacial score (nSPS) is 14.6. The Morgan fingerprint density at radius 2 is 1.67 bits per heavy atom. The first-order valence-corrected chi connectivity index (χ1v) is 13.3. The molecule has 0 aliphatic carbocycles. The summed E-state index contributed by atoms with van der Waals surface area (Å²) in [5.41, 5.74) is 1.11. The van der Waals surface area contributed by atoms with Crippen molar-refractivity contribution in [2.45, 2.75) is 89.1 Å². The number of amides is 3. The van der Waals surface area contributed by atoms with Gasteiger partial charge in [0.15, 0.2) is 0 Å². The molecule has 10 heteroatoms. The SMILES string of the molecule is CCCCCC[C@@H](NC(=O)c1cccnc1)C(=O)N[C@H](Cc1ccccc1)[C@@H](O)[C@H](O)[C@H](CC#N)NC(C)=O. The maximum absolute atomic E-state index is 13.5. The molecule has 2 aromatic rings. The fraction of sp³-hybridized carbons (Fsp3) is 0.483. The van der Waals surface area contributed by atoms with Crippen LogP contribution in [0.15, 0.2) is 54.9 Å². The number of benzene rings is 1. The molecule has 5 atom stereocenters. The Hall–Kier alpha value is -3.81. The number of hydrogen-bond acceptors (Lipinski definition) is 7. The van der Waals surface area contributed by atoms with Crippen molar-refractivity contribution < 1.29 is 24.6 Å². The van der Waals surface area contributed by atoms with Gasteiger partial charge in [-0.05, 0) is 30.5 Å². The van der Waals surface area contributed by atoms with E-state index in [2.05, 4.69) is 27.9 Å². The maximum Gasteiger partial charge on any atom is 0.253 e. The van der Waals surface area contributed by atoms with E-state index >= 15 is 0 Å². The molecular formula is C29H39N5O5. The minimum absolute atomic E-state index is 0.170. The molecule has 0 unspecified atom stereocenters. The van der Waals surface area contributed by atoms with E-state index in [1.165, 1.54) is 13.1 Å². The van der Waals surface area contributed by atoms with Crippen molar-refractivity contribution in [2.24, 2.45) is 0 Å². The van der Waals surface area contributed by atoms with Gasteiger partial charge in [0, 0.05) is 19.3 Å². The van der Waals surface area contributed by atoms with Gasteiger partial charge in [0.2, 0.25) is 11.8 Å². The van der Waals surface area contributed by atoms with E-state index in [-0.39, 0.29) is 12.8 Å². The summed E-state index contributed by atoms with van der Waals surface area (Å²) in [6.07, 6.45) is 3.85. The zero-order valence-electron chi connectivity index (χ0n) is 22.5. The summed E-state index contributed by atoms with van der Waals surface area (Å²) < 4.78 is 0. The van der Waals surface area contributed by atoms with Crippen LogP contribution in [0.4, 0.5) is 0 Å². The fourth-order valence-electron chi connectivity index (χ4n) is 4.28. The summed E-state index contributed by atoms with van der Waals surface area (Å²) in [5, 5.41) is 39.3. The van der Waals surface area contributed by atoms with Crippen molar-refractivity contribution in [3.63, 3.8) is 0 Å². The van der Waals surface area contributed by atoms with Crippen molar-refractivity contribution in [1.82, 2.24) is 20.9 Å². The van der Waals surface area contributed by atoms with Gasteiger partial charge in [-0.15, -0.1) is 0 Å². The Balaban J connectivity index is 2.27. The van der Waals surface area contributed by atoms with Crippen LogP contribution >= 0.6 is 0 Å². The van der Waals surface area contributed by atoms with Crippen molar-refractivity contribution in [1.29, 1.82) is 5.26 Å². The summed E-state index contributed by atoms with van der Waals surface area (Å²) in [4.78, 5) is 41.9. The lowest BCUT2D eigenvalue weighted by molar-refractivity contribution is -0.127. The lowest BCUT2D eigenvalue weighted by Gasteiger charge is -2.33. The van der Waals surface area contributed by atoms with Crippen LogP contribution < -0.4 is 16.0 Å². The molecule has 5 N–H and O–H groups in total. The summed E-state index contributed by atoms with van der Waals surface area (Å²) in [6, 6.07) is 11.4. The lowest BCUT2D eigenvalue weighted by Crippen LogP contribution is -2.58. The molecule has 0 fully saturated rings. The summed E-state index contributed by atoms with van der Waals surface area (Å²) in [6.45, 7) is 3.33. The highest BCUT2D eigenvalue weighted by molar-refractivity contribution is 5.97. The van der Waals surface area contributed by atoms with Crippen LogP contribution in [0.5, 0.6) is 0 Å². The van der Waals surface area contributed by atoms with E-state index in [9.17, 15) is 24.6 Å². The highest BCUT2D eigenvalue weighted by atomic mass is 16.3. The monoisotopic (exact) mass is 537 g/mol. The molecule has 1 aromatic heterocycles. The first-order chi connectivity index (χ1) is 18.8. The molecule has 210 valence electrons. The largest absolute Gasteiger partial charge is 0.388 e. The van der Waals surface area contributed by atoms with E-state index in [0.717, 1.165) is 24.8 Å². The first-order valence-electron chi connectivity index (χ1n) is 13.3. The van der Waals surface area contributed by atoms with Crippen LogP contribution in [0.25, 0.3) is 0 Å². The zero-order chi connectivity index (χ0) is 28.6. The molecule has 39 heavy (non-hydrogen) atoms. The van der Waals surface area contributed by atoms with Gasteiger partial charge in [0.05, 0.1) is 30.1 Å². The van der Waals surface area contributed by atoms with Crippen LogP contribution in [0, 0.1) is 11.3 Å². The molecule has 0 aliphatic rings. The van der Waals surface area contributed by atoms with Gasteiger partial charge in [0.25, 0.3) is 5.91 Å². The standard InChI is InChI=1S/C29H39N5O5/c1-3-4-5-9-14-24(33-28(38)22-13-10-17-31-19-22)29(39)34-25(18-21-11-7-6-8-12-21)27(37)26(36)23(15-16-30)32-20(2)35/h6-8,10-13,17,19,23-27,36-37H,3-5,9,14-15,18H2,1-2H3,(H,32,35)(H,33,38)(H,34,39)/t23-,24+,25+,26+,27+/m0/s1. The minimum Gasteiger partial charge on any atom is -0.388 e. The van der Waals surface area contributed by atoms with Crippen LogP contribution in [-0.2, 0) is 16.0 Å². The second-order valence-electron chi connectivity index (χ2n) is 9.57. The molecule has 2 rings (SSSR count). The number of nitrogens with zero attached hydrogens (tertiary/aromatic N) is 2. The average Bonchev–Trinajstić information content (AvgIpc) is 2.94. The Kier molecular flexibility index (Phi) is 13.6. The zero-order valence-corrected chi connectivity index (χ0v) is 22.5. The van der Waals surface area contributed by atoms with Crippen molar-refractivity contribution in [3.8, 4) is 6.07 Å². The summed E-state index contributed by atoms with van der Waals surface area (Å²) in [5.74, 6) is -1.42. The Bertz CT molecular complexity index is 1080.